The Morgan fingerprint density at radius 2 is 1.48 bits per heavy atom. The summed E-state index contributed by atoms with van der Waals surface area (Å²) in [5.74, 6) is 1.14. The van der Waals surface area contributed by atoms with Crippen LogP contribution in [0.5, 0.6) is 5.75 Å². The second kappa shape index (κ2) is 16.2. The summed E-state index contributed by atoms with van der Waals surface area (Å²) in [7, 11) is 0. The molecule has 7 nitrogen and oxygen atoms in total. The number of hydrogen-bond acceptors (Lipinski definition) is 4. The Balaban J connectivity index is 1.98. The van der Waals surface area contributed by atoms with Crippen molar-refractivity contribution in [1.82, 2.24) is 9.47 Å². The van der Waals surface area contributed by atoms with Crippen molar-refractivity contribution in [3.8, 4) is 16.9 Å². The highest BCUT2D eigenvalue weighted by molar-refractivity contribution is 6.03. The number of aryl methyl sites for hydroxylation is 1. The highest BCUT2D eigenvalue weighted by atomic mass is 16.5. The van der Waals surface area contributed by atoms with Gasteiger partial charge in [-0.05, 0) is 61.0 Å². The largest absolute Gasteiger partial charge is 0.493 e. The van der Waals surface area contributed by atoms with Gasteiger partial charge in [0.1, 0.15) is 11.4 Å². The Morgan fingerprint density at radius 1 is 0.833 bits per heavy atom. The number of carbonyl (C=O) groups excluding carboxylic acids is 1. The lowest BCUT2D eigenvalue weighted by atomic mass is 9.93. The fourth-order valence-corrected chi connectivity index (χ4v) is 5.20. The zero-order valence-corrected chi connectivity index (χ0v) is 26.6. The van der Waals surface area contributed by atoms with Gasteiger partial charge in [-0.25, -0.2) is 4.79 Å². The van der Waals surface area contributed by atoms with Crippen LogP contribution in [0.15, 0.2) is 59.5 Å². The summed E-state index contributed by atoms with van der Waals surface area (Å²) >= 11 is 0. The summed E-state index contributed by atoms with van der Waals surface area (Å²) in [5, 5.41) is 6.06. The van der Waals surface area contributed by atoms with Gasteiger partial charge in [0.2, 0.25) is 0 Å². The van der Waals surface area contributed by atoms with Crippen LogP contribution < -0.4 is 20.9 Å². The SMILES string of the molecule is CCCCn1ccc(-c2ccccc2OCCCN(CC)CC)c(NC(=O)Nc2c(C(C)C)cccc2C(C)C)c1=O. The third-order valence-electron chi connectivity index (χ3n) is 7.72. The number of pyridine rings is 1. The number of amides is 2. The number of ether oxygens (including phenoxy) is 1. The van der Waals surface area contributed by atoms with Crippen LogP contribution in [0.4, 0.5) is 16.2 Å². The molecule has 3 aromatic rings. The molecule has 3 rings (SSSR count). The second-order valence-electron chi connectivity index (χ2n) is 11.4. The van der Waals surface area contributed by atoms with E-state index in [1.54, 1.807) is 4.57 Å². The molecule has 7 heteroatoms. The molecule has 0 aliphatic rings. The van der Waals surface area contributed by atoms with Crippen LogP contribution >= 0.6 is 0 Å². The smallest absolute Gasteiger partial charge is 0.323 e. The van der Waals surface area contributed by atoms with Gasteiger partial charge < -0.3 is 24.8 Å². The van der Waals surface area contributed by atoms with Gasteiger partial charge in [-0.2, -0.15) is 0 Å². The predicted molar refractivity (Wildman–Crippen MR) is 176 cm³/mol. The average molecular weight is 575 g/mol. The first-order valence-electron chi connectivity index (χ1n) is 15.6. The maximum atomic E-state index is 13.8. The van der Waals surface area contributed by atoms with Gasteiger partial charge in [0.15, 0.2) is 0 Å². The van der Waals surface area contributed by atoms with Gasteiger partial charge in [-0.1, -0.05) is 91.3 Å². The molecule has 0 aliphatic heterocycles. The Labute approximate surface area is 252 Å². The van der Waals surface area contributed by atoms with E-state index in [1.807, 2.05) is 54.7 Å². The lowest BCUT2D eigenvalue weighted by molar-refractivity contribution is 0.249. The Kier molecular flexibility index (Phi) is 12.7. The van der Waals surface area contributed by atoms with E-state index < -0.39 is 6.03 Å². The molecule has 0 atom stereocenters. The van der Waals surface area contributed by atoms with E-state index in [2.05, 4.69) is 64.0 Å². The first kappa shape index (κ1) is 32.9. The summed E-state index contributed by atoms with van der Waals surface area (Å²) < 4.78 is 7.92. The van der Waals surface area contributed by atoms with Crippen LogP contribution in [0, 0.1) is 0 Å². The molecule has 2 amide bonds. The molecule has 0 unspecified atom stereocenters. The number of nitrogens with zero attached hydrogens (tertiary/aromatic N) is 2. The molecular weight excluding hydrogens is 524 g/mol. The molecule has 2 aromatic carbocycles. The number of urea groups is 1. The lowest BCUT2D eigenvalue weighted by Gasteiger charge is -2.21. The van der Waals surface area contributed by atoms with Crippen LogP contribution in [0.3, 0.4) is 0 Å². The highest BCUT2D eigenvalue weighted by Crippen LogP contribution is 2.35. The first-order chi connectivity index (χ1) is 20.2. The van der Waals surface area contributed by atoms with Gasteiger partial charge >= 0.3 is 6.03 Å². The molecule has 1 aromatic heterocycles. The monoisotopic (exact) mass is 574 g/mol. The van der Waals surface area contributed by atoms with Crippen molar-refractivity contribution in [2.75, 3.05) is 36.9 Å². The molecule has 0 saturated heterocycles. The van der Waals surface area contributed by atoms with Crippen LogP contribution in [0.25, 0.3) is 11.1 Å². The van der Waals surface area contributed by atoms with E-state index in [4.69, 9.17) is 4.74 Å². The van der Waals surface area contributed by atoms with Crippen LogP contribution in [-0.4, -0.2) is 41.7 Å². The minimum absolute atomic E-state index is 0.225. The van der Waals surface area contributed by atoms with E-state index in [-0.39, 0.29) is 23.1 Å². The lowest BCUT2D eigenvalue weighted by Crippen LogP contribution is -2.29. The topological polar surface area (TPSA) is 75.6 Å². The van der Waals surface area contributed by atoms with E-state index in [9.17, 15) is 9.59 Å². The van der Waals surface area contributed by atoms with Gasteiger partial charge in [0, 0.05) is 36.1 Å². The van der Waals surface area contributed by atoms with Gasteiger partial charge in [0.05, 0.1) is 6.61 Å². The van der Waals surface area contributed by atoms with Crippen molar-refractivity contribution in [1.29, 1.82) is 0 Å². The van der Waals surface area contributed by atoms with Crippen molar-refractivity contribution < 1.29 is 9.53 Å². The summed E-state index contributed by atoms with van der Waals surface area (Å²) in [4.78, 5) is 29.8. The minimum Gasteiger partial charge on any atom is -0.493 e. The van der Waals surface area contributed by atoms with E-state index in [0.717, 1.165) is 61.3 Å². The average Bonchev–Trinajstić information content (AvgIpc) is 2.97. The Morgan fingerprint density at radius 3 is 2.10 bits per heavy atom. The van der Waals surface area contributed by atoms with Crippen molar-refractivity contribution in [2.24, 2.45) is 0 Å². The van der Waals surface area contributed by atoms with E-state index >= 15 is 0 Å². The van der Waals surface area contributed by atoms with Gasteiger partial charge in [0.25, 0.3) is 5.56 Å². The van der Waals surface area contributed by atoms with E-state index in [0.29, 0.717) is 24.5 Å². The molecule has 0 aliphatic carbocycles. The number of nitrogens with one attached hydrogen (secondary N) is 2. The predicted octanol–water partition coefficient (Wildman–Crippen LogP) is 8.32. The summed E-state index contributed by atoms with van der Waals surface area (Å²) in [5.41, 5.74) is 4.37. The molecule has 0 saturated carbocycles. The fourth-order valence-electron chi connectivity index (χ4n) is 5.20. The molecule has 228 valence electrons. The van der Waals surface area contributed by atoms with Crippen molar-refractivity contribution in [3.63, 3.8) is 0 Å². The molecule has 0 spiro atoms. The second-order valence-corrected chi connectivity index (χ2v) is 11.4. The highest BCUT2D eigenvalue weighted by Gasteiger charge is 2.20. The molecule has 0 bridgehead atoms. The van der Waals surface area contributed by atoms with Gasteiger partial charge in [-0.15, -0.1) is 0 Å². The minimum atomic E-state index is -0.436. The van der Waals surface area contributed by atoms with Crippen LogP contribution in [-0.2, 0) is 6.54 Å². The number of para-hydroxylation sites is 2. The number of aromatic nitrogens is 1. The van der Waals surface area contributed by atoms with Crippen molar-refractivity contribution in [3.05, 3.63) is 76.2 Å². The molecule has 42 heavy (non-hydrogen) atoms. The summed E-state index contributed by atoms with van der Waals surface area (Å²) in [6, 6.07) is 15.3. The standard InChI is InChI=1S/C35H50N4O3/c1-8-11-22-39-23-20-30(29-16-12-13-19-31(29)42-24-15-21-38(9-2)10-3)33(34(39)40)37-35(41)36-32-27(25(4)5)17-14-18-28(32)26(6)7/h12-14,16-20,23,25-26H,8-11,15,21-22,24H2,1-7H3,(H2,36,37,41). The molecular formula is C35H50N4O3. The molecule has 1 heterocycles. The normalized spacial score (nSPS) is 11.4. The quantitative estimate of drug-likeness (QED) is 0.179. The maximum Gasteiger partial charge on any atom is 0.323 e. The molecule has 0 fully saturated rings. The number of carbonyl (C=O) groups is 1. The number of rotatable bonds is 15. The number of unbranched alkanes of at least 4 members (excludes halogenated alkanes) is 1. The molecule has 2 N–H and O–H groups in total. The van der Waals surface area contributed by atoms with E-state index in [1.165, 1.54) is 0 Å². The Bertz CT molecular complexity index is 1330. The van der Waals surface area contributed by atoms with Crippen LogP contribution in [0.1, 0.15) is 90.7 Å². The van der Waals surface area contributed by atoms with Crippen LogP contribution in [0.2, 0.25) is 0 Å². The first-order valence-corrected chi connectivity index (χ1v) is 15.6. The number of benzene rings is 2. The zero-order valence-electron chi connectivity index (χ0n) is 26.6. The molecule has 0 radical (unpaired) electrons. The Hall–Kier alpha value is -3.58. The fraction of sp³-hybridized carbons (Fsp3) is 0.486. The van der Waals surface area contributed by atoms with Crippen molar-refractivity contribution in [2.45, 2.75) is 86.1 Å². The number of anilines is 2. The third kappa shape index (κ3) is 8.48. The van der Waals surface area contributed by atoms with Gasteiger partial charge in [-0.3, -0.25) is 4.79 Å². The zero-order chi connectivity index (χ0) is 30.6. The maximum absolute atomic E-state index is 13.8. The number of hydrogen-bond donors (Lipinski definition) is 2. The summed E-state index contributed by atoms with van der Waals surface area (Å²) in [6.07, 6.45) is 4.55. The van der Waals surface area contributed by atoms with Crippen molar-refractivity contribution >= 4 is 17.4 Å². The summed E-state index contributed by atoms with van der Waals surface area (Å²) in [6.45, 7) is 19.0. The third-order valence-corrected chi connectivity index (χ3v) is 7.72.